The monoisotopic (exact) mass is 457 g/mol. The van der Waals surface area contributed by atoms with Crippen molar-refractivity contribution in [3.8, 4) is 11.5 Å². The molecule has 0 aliphatic carbocycles. The summed E-state index contributed by atoms with van der Waals surface area (Å²) in [5.41, 5.74) is -0.0811. The first-order valence-corrected chi connectivity index (χ1v) is 10.7. The Hall–Kier alpha value is -3.05. The Bertz CT molecular complexity index is 1080. The van der Waals surface area contributed by atoms with Crippen molar-refractivity contribution in [1.82, 2.24) is 0 Å². The average Bonchev–Trinajstić information content (AvgIpc) is 2.66. The Balaban J connectivity index is 2.41. The van der Waals surface area contributed by atoms with Gasteiger partial charge in [-0.15, -0.1) is 0 Å². The largest absolute Gasteiger partial charge is 0.495 e. The minimum atomic E-state index is -3.89. The van der Waals surface area contributed by atoms with E-state index in [-0.39, 0.29) is 27.8 Å². The fraction of sp³-hybridized carbons (Fsp3) is 0.278. The van der Waals surface area contributed by atoms with Gasteiger partial charge < -0.3 is 14.8 Å². The molecule has 0 aliphatic heterocycles. The molecule has 1 amide bonds. The summed E-state index contributed by atoms with van der Waals surface area (Å²) in [6, 6.07) is 6.75. The summed E-state index contributed by atoms with van der Waals surface area (Å²) in [6.07, 6.45) is 0.947. The Kier molecular flexibility index (Phi) is 7.11. The van der Waals surface area contributed by atoms with Crippen molar-refractivity contribution in [2.45, 2.75) is 13.0 Å². The van der Waals surface area contributed by atoms with Crippen molar-refractivity contribution in [2.75, 3.05) is 30.1 Å². The van der Waals surface area contributed by atoms with Crippen molar-refractivity contribution in [3.63, 3.8) is 0 Å². The molecule has 0 saturated carbocycles. The second-order valence-corrected chi connectivity index (χ2v) is 8.45. The SMILES string of the molecule is COc1ccc(N([C@H](C)C(=O)Nc2cc([N+](=O)[O-])ccc2OC)S(C)(=O)=O)cc1Cl. The molecule has 0 saturated heterocycles. The molecule has 162 valence electrons. The summed E-state index contributed by atoms with van der Waals surface area (Å²) >= 11 is 6.10. The second-order valence-electron chi connectivity index (χ2n) is 6.18. The number of rotatable bonds is 8. The fourth-order valence-electron chi connectivity index (χ4n) is 2.75. The number of ether oxygens (including phenoxy) is 2. The second kappa shape index (κ2) is 9.18. The first kappa shape index (κ1) is 23.2. The number of non-ortho nitro benzene ring substituents is 1. The number of nitrogens with one attached hydrogen (secondary N) is 1. The maximum Gasteiger partial charge on any atom is 0.271 e. The first-order chi connectivity index (χ1) is 14.0. The number of halogens is 1. The number of nitro groups is 1. The zero-order chi connectivity index (χ0) is 22.6. The third-order valence-electron chi connectivity index (χ3n) is 4.13. The number of methoxy groups -OCH3 is 2. The third-order valence-corrected chi connectivity index (χ3v) is 5.67. The van der Waals surface area contributed by atoms with E-state index in [4.69, 9.17) is 21.1 Å². The Morgan fingerprint density at radius 2 is 1.77 bits per heavy atom. The molecule has 1 atom stereocenters. The molecule has 0 heterocycles. The first-order valence-electron chi connectivity index (χ1n) is 8.45. The number of sulfonamides is 1. The Morgan fingerprint density at radius 3 is 2.27 bits per heavy atom. The van der Waals surface area contributed by atoms with Gasteiger partial charge in [-0.25, -0.2) is 8.42 Å². The van der Waals surface area contributed by atoms with Gasteiger partial charge in [-0.2, -0.15) is 0 Å². The maximum atomic E-state index is 12.8. The minimum Gasteiger partial charge on any atom is -0.495 e. The number of hydrogen-bond acceptors (Lipinski definition) is 7. The van der Waals surface area contributed by atoms with Crippen molar-refractivity contribution in [3.05, 3.63) is 51.5 Å². The molecular formula is C18H20ClN3O7S. The smallest absolute Gasteiger partial charge is 0.271 e. The highest BCUT2D eigenvalue weighted by molar-refractivity contribution is 7.92. The van der Waals surface area contributed by atoms with Gasteiger partial charge in [-0.3, -0.25) is 19.2 Å². The van der Waals surface area contributed by atoms with Gasteiger partial charge in [0.05, 0.1) is 41.8 Å². The van der Waals surface area contributed by atoms with Gasteiger partial charge in [0.15, 0.2) is 0 Å². The lowest BCUT2D eigenvalue weighted by Gasteiger charge is -2.28. The van der Waals surface area contributed by atoms with Crippen LogP contribution in [0.4, 0.5) is 17.1 Å². The molecule has 2 aromatic rings. The lowest BCUT2D eigenvalue weighted by molar-refractivity contribution is -0.384. The van der Waals surface area contributed by atoms with E-state index < -0.39 is 26.9 Å². The number of nitro benzene ring substituents is 1. The van der Waals surface area contributed by atoms with Crippen LogP contribution in [0, 0.1) is 10.1 Å². The molecule has 1 N–H and O–H groups in total. The molecule has 0 unspecified atom stereocenters. The number of hydrogen-bond donors (Lipinski definition) is 1. The number of nitrogens with zero attached hydrogens (tertiary/aromatic N) is 2. The predicted molar refractivity (Wildman–Crippen MR) is 113 cm³/mol. The van der Waals surface area contributed by atoms with E-state index in [9.17, 15) is 23.3 Å². The van der Waals surface area contributed by atoms with E-state index in [0.717, 1.165) is 16.6 Å². The number of anilines is 2. The number of carbonyl (C=O) groups is 1. The molecule has 0 bridgehead atoms. The van der Waals surface area contributed by atoms with Crippen LogP contribution in [0.25, 0.3) is 0 Å². The molecule has 0 aliphatic rings. The summed E-state index contributed by atoms with van der Waals surface area (Å²) in [4.78, 5) is 23.2. The molecule has 0 aromatic heterocycles. The van der Waals surface area contributed by atoms with Crippen molar-refractivity contribution < 1.29 is 27.6 Å². The molecule has 2 aromatic carbocycles. The summed E-state index contributed by atoms with van der Waals surface area (Å²) in [5.74, 6) is -0.210. The third kappa shape index (κ3) is 5.10. The van der Waals surface area contributed by atoms with E-state index in [1.165, 1.54) is 51.5 Å². The van der Waals surface area contributed by atoms with Crippen LogP contribution in [-0.2, 0) is 14.8 Å². The minimum absolute atomic E-state index is 0.0322. The van der Waals surface area contributed by atoms with Crippen molar-refractivity contribution in [2.24, 2.45) is 0 Å². The van der Waals surface area contributed by atoms with Crippen LogP contribution in [0.3, 0.4) is 0 Å². The van der Waals surface area contributed by atoms with E-state index >= 15 is 0 Å². The number of carbonyl (C=O) groups excluding carboxylic acids is 1. The van der Waals surface area contributed by atoms with Crippen molar-refractivity contribution in [1.29, 1.82) is 0 Å². The van der Waals surface area contributed by atoms with Gasteiger partial charge in [-0.1, -0.05) is 11.6 Å². The van der Waals surface area contributed by atoms with Crippen LogP contribution in [0.15, 0.2) is 36.4 Å². The van der Waals surface area contributed by atoms with E-state index in [1.807, 2.05) is 0 Å². The molecule has 12 heteroatoms. The molecule has 0 radical (unpaired) electrons. The molecule has 2 rings (SSSR count). The van der Waals surface area contributed by atoms with Crippen LogP contribution >= 0.6 is 11.6 Å². The lowest BCUT2D eigenvalue weighted by Crippen LogP contribution is -2.45. The fourth-order valence-corrected chi connectivity index (χ4v) is 4.16. The van der Waals surface area contributed by atoms with Gasteiger partial charge in [0, 0.05) is 12.1 Å². The normalized spacial score (nSPS) is 12.0. The van der Waals surface area contributed by atoms with Gasteiger partial charge >= 0.3 is 0 Å². The molecule has 0 fully saturated rings. The highest BCUT2D eigenvalue weighted by atomic mass is 35.5. The van der Waals surface area contributed by atoms with Gasteiger partial charge in [0.25, 0.3) is 5.69 Å². The standard InChI is InChI=1S/C18H20ClN3O7S/c1-11(18(23)20-15-10-13(22(24)25)6-8-17(15)29-3)21(30(4,26)27)12-5-7-16(28-2)14(19)9-12/h5-11H,1-4H3,(H,20,23)/t11-/m1/s1. The van der Waals surface area contributed by atoms with Crippen LogP contribution in [0.1, 0.15) is 6.92 Å². The van der Waals surface area contributed by atoms with Crippen LogP contribution < -0.4 is 19.1 Å². The number of benzene rings is 2. The highest BCUT2D eigenvalue weighted by Crippen LogP contribution is 2.32. The summed E-state index contributed by atoms with van der Waals surface area (Å²) in [5, 5.41) is 13.7. The summed E-state index contributed by atoms with van der Waals surface area (Å²) < 4.78 is 35.9. The zero-order valence-corrected chi connectivity index (χ0v) is 18.2. The van der Waals surface area contributed by atoms with Crippen LogP contribution in [0.5, 0.6) is 11.5 Å². The molecule has 30 heavy (non-hydrogen) atoms. The number of amides is 1. The average molecular weight is 458 g/mol. The Labute approximate surface area is 178 Å². The van der Waals surface area contributed by atoms with Gasteiger partial charge in [0.2, 0.25) is 15.9 Å². The predicted octanol–water partition coefficient (Wildman–Crippen LogP) is 3.06. The summed E-state index contributed by atoms with van der Waals surface area (Å²) in [7, 11) is -1.14. The van der Waals surface area contributed by atoms with Crippen LogP contribution in [-0.4, -0.2) is 45.8 Å². The molecular weight excluding hydrogens is 438 g/mol. The Morgan fingerprint density at radius 1 is 1.17 bits per heavy atom. The zero-order valence-electron chi connectivity index (χ0n) is 16.6. The quantitative estimate of drug-likeness (QED) is 0.476. The maximum absolute atomic E-state index is 12.8. The highest BCUT2D eigenvalue weighted by Gasteiger charge is 2.30. The summed E-state index contributed by atoms with van der Waals surface area (Å²) in [6.45, 7) is 1.37. The van der Waals surface area contributed by atoms with Gasteiger partial charge in [-0.05, 0) is 31.2 Å². The van der Waals surface area contributed by atoms with E-state index in [2.05, 4.69) is 5.32 Å². The van der Waals surface area contributed by atoms with Crippen LogP contribution in [0.2, 0.25) is 5.02 Å². The molecule has 10 nitrogen and oxygen atoms in total. The van der Waals surface area contributed by atoms with E-state index in [0.29, 0.717) is 5.75 Å². The van der Waals surface area contributed by atoms with Gasteiger partial charge in [0.1, 0.15) is 17.5 Å². The van der Waals surface area contributed by atoms with E-state index in [1.54, 1.807) is 0 Å². The van der Waals surface area contributed by atoms with Crippen molar-refractivity contribution >= 4 is 44.6 Å². The molecule has 0 spiro atoms. The lowest BCUT2D eigenvalue weighted by atomic mass is 10.2. The topological polar surface area (TPSA) is 128 Å².